The summed E-state index contributed by atoms with van der Waals surface area (Å²) in [4.78, 5) is 8.24. The summed E-state index contributed by atoms with van der Waals surface area (Å²) in [5, 5.41) is 0.965. The van der Waals surface area contributed by atoms with Crippen LogP contribution in [0.2, 0.25) is 0 Å². The van der Waals surface area contributed by atoms with E-state index >= 15 is 0 Å². The number of nitrogens with zero attached hydrogens (tertiary/aromatic N) is 2. The molecule has 2 rings (SSSR count). The van der Waals surface area contributed by atoms with Crippen LogP contribution in [0.5, 0.6) is 11.5 Å². The van der Waals surface area contributed by atoms with E-state index in [0.29, 0.717) is 13.2 Å². The minimum Gasteiger partial charge on any atom is -0.490 e. The Morgan fingerprint density at radius 1 is 1.00 bits per heavy atom. The van der Waals surface area contributed by atoms with Crippen molar-refractivity contribution in [3.8, 4) is 11.5 Å². The van der Waals surface area contributed by atoms with Gasteiger partial charge in [-0.3, -0.25) is 0 Å². The third-order valence-corrected chi connectivity index (χ3v) is 2.49. The fourth-order valence-electron chi connectivity index (χ4n) is 1.64. The maximum atomic E-state index is 5.71. The van der Waals surface area contributed by atoms with E-state index in [1.165, 1.54) is 0 Å². The van der Waals surface area contributed by atoms with Gasteiger partial charge in [-0.2, -0.15) is 0 Å². The molecule has 0 aliphatic carbocycles. The van der Waals surface area contributed by atoms with Gasteiger partial charge in [0.2, 0.25) is 0 Å². The van der Waals surface area contributed by atoms with Crippen molar-refractivity contribution in [2.24, 2.45) is 0 Å². The highest BCUT2D eigenvalue weighted by Crippen LogP contribution is 2.31. The fourth-order valence-corrected chi connectivity index (χ4v) is 1.64. The van der Waals surface area contributed by atoms with E-state index in [9.17, 15) is 0 Å². The summed E-state index contributed by atoms with van der Waals surface area (Å²) in [6.45, 7) is 5.52. The molecular formula is C14H18N2O2. The summed E-state index contributed by atoms with van der Waals surface area (Å²) in [5.41, 5.74) is 0.875. The maximum Gasteiger partial charge on any atom is 0.163 e. The van der Waals surface area contributed by atoms with Crippen LogP contribution < -0.4 is 9.47 Å². The predicted octanol–water partition coefficient (Wildman–Crippen LogP) is 3.21. The molecule has 0 N–H and O–H groups in total. The topological polar surface area (TPSA) is 44.2 Å². The van der Waals surface area contributed by atoms with E-state index in [1.54, 1.807) is 12.5 Å². The van der Waals surface area contributed by atoms with Crippen LogP contribution in [0.1, 0.15) is 26.7 Å². The number of ether oxygens (including phenoxy) is 2. The third kappa shape index (κ3) is 2.88. The number of hydrogen-bond acceptors (Lipinski definition) is 4. The first kappa shape index (κ1) is 12.6. The Morgan fingerprint density at radius 3 is 2.33 bits per heavy atom. The molecular weight excluding hydrogens is 228 g/mol. The SMILES string of the molecule is CCCOc1cc2cncnc2cc1OCCC. The molecule has 0 aliphatic heterocycles. The van der Waals surface area contributed by atoms with Gasteiger partial charge in [0.1, 0.15) is 6.33 Å². The first-order valence-electron chi connectivity index (χ1n) is 6.34. The second-order valence-corrected chi connectivity index (χ2v) is 4.08. The minimum absolute atomic E-state index is 0.680. The summed E-state index contributed by atoms with van der Waals surface area (Å²) in [6.07, 6.45) is 5.26. The van der Waals surface area contributed by atoms with Crippen LogP contribution in [-0.4, -0.2) is 23.2 Å². The van der Waals surface area contributed by atoms with Gasteiger partial charge in [0.25, 0.3) is 0 Å². The normalized spacial score (nSPS) is 10.6. The van der Waals surface area contributed by atoms with Crippen molar-refractivity contribution >= 4 is 10.9 Å². The summed E-state index contributed by atoms with van der Waals surface area (Å²) in [7, 11) is 0. The van der Waals surface area contributed by atoms with Gasteiger partial charge in [0, 0.05) is 17.6 Å². The smallest absolute Gasteiger partial charge is 0.163 e. The number of rotatable bonds is 6. The lowest BCUT2D eigenvalue weighted by atomic mass is 10.2. The largest absolute Gasteiger partial charge is 0.490 e. The first-order chi connectivity index (χ1) is 8.85. The van der Waals surface area contributed by atoms with Gasteiger partial charge in [-0.15, -0.1) is 0 Å². The Labute approximate surface area is 107 Å². The molecule has 0 fully saturated rings. The van der Waals surface area contributed by atoms with Crippen LogP contribution in [0.4, 0.5) is 0 Å². The molecule has 0 aliphatic rings. The van der Waals surface area contributed by atoms with Gasteiger partial charge < -0.3 is 9.47 Å². The molecule has 0 radical (unpaired) electrons. The summed E-state index contributed by atoms with van der Waals surface area (Å²) >= 11 is 0. The Morgan fingerprint density at radius 2 is 1.67 bits per heavy atom. The monoisotopic (exact) mass is 246 g/mol. The van der Waals surface area contributed by atoms with Crippen molar-refractivity contribution in [1.82, 2.24) is 9.97 Å². The molecule has 0 bridgehead atoms. The molecule has 1 heterocycles. The minimum atomic E-state index is 0.680. The molecule has 0 atom stereocenters. The quantitative estimate of drug-likeness (QED) is 0.785. The average Bonchev–Trinajstić information content (AvgIpc) is 2.42. The summed E-state index contributed by atoms with van der Waals surface area (Å²) in [6, 6.07) is 3.85. The van der Waals surface area contributed by atoms with Gasteiger partial charge in [-0.05, 0) is 18.9 Å². The second kappa shape index (κ2) is 6.19. The first-order valence-corrected chi connectivity index (χ1v) is 6.34. The van der Waals surface area contributed by atoms with Crippen LogP contribution in [0, 0.1) is 0 Å². The molecule has 0 unspecified atom stereocenters. The number of fused-ring (bicyclic) bond motifs is 1. The Balaban J connectivity index is 2.35. The molecule has 1 aromatic carbocycles. The van der Waals surface area contributed by atoms with Crippen LogP contribution in [0.25, 0.3) is 10.9 Å². The molecule has 0 spiro atoms. The Bertz CT molecular complexity index is 468. The molecule has 0 amide bonds. The molecule has 18 heavy (non-hydrogen) atoms. The van der Waals surface area contributed by atoms with Crippen LogP contribution in [-0.2, 0) is 0 Å². The summed E-state index contributed by atoms with van der Waals surface area (Å²) in [5.74, 6) is 1.53. The molecule has 0 saturated heterocycles. The van der Waals surface area contributed by atoms with Crippen molar-refractivity contribution in [2.45, 2.75) is 26.7 Å². The molecule has 0 saturated carbocycles. The predicted molar refractivity (Wildman–Crippen MR) is 71.1 cm³/mol. The maximum absolute atomic E-state index is 5.71. The second-order valence-electron chi connectivity index (χ2n) is 4.08. The van der Waals surface area contributed by atoms with Gasteiger partial charge in [-0.1, -0.05) is 13.8 Å². The third-order valence-electron chi connectivity index (χ3n) is 2.49. The van der Waals surface area contributed by atoms with Crippen molar-refractivity contribution < 1.29 is 9.47 Å². The number of benzene rings is 1. The van der Waals surface area contributed by atoms with Crippen molar-refractivity contribution in [2.75, 3.05) is 13.2 Å². The highest BCUT2D eigenvalue weighted by Gasteiger charge is 2.08. The lowest BCUT2D eigenvalue weighted by Gasteiger charge is -2.12. The van der Waals surface area contributed by atoms with E-state index in [1.807, 2.05) is 12.1 Å². The Hall–Kier alpha value is -1.84. The van der Waals surface area contributed by atoms with Crippen molar-refractivity contribution in [3.63, 3.8) is 0 Å². The number of hydrogen-bond donors (Lipinski definition) is 0. The van der Waals surface area contributed by atoms with E-state index in [2.05, 4.69) is 23.8 Å². The highest BCUT2D eigenvalue weighted by atomic mass is 16.5. The molecule has 1 aromatic heterocycles. The van der Waals surface area contributed by atoms with E-state index in [-0.39, 0.29) is 0 Å². The molecule has 4 heteroatoms. The van der Waals surface area contributed by atoms with E-state index < -0.39 is 0 Å². The average molecular weight is 246 g/mol. The zero-order chi connectivity index (χ0) is 12.8. The van der Waals surface area contributed by atoms with Crippen LogP contribution in [0.15, 0.2) is 24.7 Å². The molecule has 4 nitrogen and oxygen atoms in total. The standard InChI is InChI=1S/C14H18N2O2/c1-3-5-17-13-7-11-9-15-10-16-12(11)8-14(13)18-6-4-2/h7-10H,3-6H2,1-2H3. The molecule has 2 aromatic rings. The van der Waals surface area contributed by atoms with E-state index in [0.717, 1.165) is 35.2 Å². The van der Waals surface area contributed by atoms with Crippen LogP contribution in [0.3, 0.4) is 0 Å². The lowest BCUT2D eigenvalue weighted by molar-refractivity contribution is 0.269. The van der Waals surface area contributed by atoms with Crippen molar-refractivity contribution in [3.05, 3.63) is 24.7 Å². The molecule has 96 valence electrons. The zero-order valence-electron chi connectivity index (χ0n) is 10.8. The lowest BCUT2D eigenvalue weighted by Crippen LogP contribution is -2.01. The van der Waals surface area contributed by atoms with Gasteiger partial charge >= 0.3 is 0 Å². The highest BCUT2D eigenvalue weighted by molar-refractivity contribution is 5.81. The van der Waals surface area contributed by atoms with Crippen molar-refractivity contribution in [1.29, 1.82) is 0 Å². The van der Waals surface area contributed by atoms with E-state index in [4.69, 9.17) is 9.47 Å². The van der Waals surface area contributed by atoms with Crippen LogP contribution >= 0.6 is 0 Å². The zero-order valence-corrected chi connectivity index (χ0v) is 10.8. The fraction of sp³-hybridized carbons (Fsp3) is 0.429. The summed E-state index contributed by atoms with van der Waals surface area (Å²) < 4.78 is 11.4. The van der Waals surface area contributed by atoms with Gasteiger partial charge in [0.15, 0.2) is 11.5 Å². The number of aromatic nitrogens is 2. The Kier molecular flexibility index (Phi) is 4.34. The van der Waals surface area contributed by atoms with Gasteiger partial charge in [-0.25, -0.2) is 9.97 Å². The van der Waals surface area contributed by atoms with Gasteiger partial charge in [0.05, 0.1) is 18.7 Å².